The van der Waals surface area contributed by atoms with Crippen molar-refractivity contribution in [2.75, 3.05) is 7.11 Å². The van der Waals surface area contributed by atoms with Crippen LogP contribution in [0.25, 0.3) is 0 Å². The highest BCUT2D eigenvalue weighted by Gasteiger charge is 2.46. The van der Waals surface area contributed by atoms with E-state index in [1.807, 2.05) is 24.3 Å². The minimum Gasteiger partial charge on any atom is -0.466 e. The molecule has 25 heavy (non-hydrogen) atoms. The molecule has 2 atom stereocenters. The molecule has 132 valence electrons. The molecule has 0 heterocycles. The molecule has 2 aromatic rings. The third-order valence-corrected chi connectivity index (χ3v) is 3.83. The number of hydrogen-bond donors (Lipinski definition) is 2. The Morgan fingerprint density at radius 1 is 1.04 bits per heavy atom. The van der Waals surface area contributed by atoms with Crippen molar-refractivity contribution >= 4 is 11.9 Å². The number of ether oxygens (including phenoxy) is 2. The Balaban J connectivity index is 2.18. The van der Waals surface area contributed by atoms with Gasteiger partial charge in [-0.1, -0.05) is 60.7 Å². The van der Waals surface area contributed by atoms with Gasteiger partial charge in [-0.2, -0.15) is 0 Å². The van der Waals surface area contributed by atoms with E-state index in [1.165, 1.54) is 0 Å². The molecule has 0 saturated heterocycles. The molecule has 0 saturated carbocycles. The van der Waals surface area contributed by atoms with Crippen LogP contribution >= 0.6 is 0 Å². The van der Waals surface area contributed by atoms with Crippen LogP contribution in [0.4, 0.5) is 0 Å². The first-order valence-electron chi connectivity index (χ1n) is 7.79. The zero-order valence-electron chi connectivity index (χ0n) is 13.9. The number of aliphatic hydroxyl groups is 1. The lowest BCUT2D eigenvalue weighted by Crippen LogP contribution is -2.58. The fourth-order valence-electron chi connectivity index (χ4n) is 2.40. The van der Waals surface area contributed by atoms with Crippen molar-refractivity contribution in [3.8, 4) is 0 Å². The van der Waals surface area contributed by atoms with Gasteiger partial charge in [-0.15, -0.1) is 0 Å². The van der Waals surface area contributed by atoms with Crippen LogP contribution in [0.15, 0.2) is 60.7 Å². The van der Waals surface area contributed by atoms with Gasteiger partial charge in [0.05, 0.1) is 7.11 Å². The summed E-state index contributed by atoms with van der Waals surface area (Å²) in [4.78, 5) is 24.4. The van der Waals surface area contributed by atoms with Gasteiger partial charge in [0.2, 0.25) is 5.72 Å². The predicted molar refractivity (Wildman–Crippen MR) is 91.0 cm³/mol. The number of carbonyl (C=O) groups excluding carboxylic acids is 2. The van der Waals surface area contributed by atoms with Crippen LogP contribution in [-0.2, 0) is 32.1 Å². The molecular weight excluding hydrogens is 322 g/mol. The minimum absolute atomic E-state index is 0.0161. The maximum absolute atomic E-state index is 12.5. The fraction of sp³-hybridized carbons (Fsp3) is 0.263. The van der Waals surface area contributed by atoms with E-state index in [9.17, 15) is 14.7 Å². The summed E-state index contributed by atoms with van der Waals surface area (Å²) >= 11 is 0. The Morgan fingerprint density at radius 3 is 2.08 bits per heavy atom. The van der Waals surface area contributed by atoms with E-state index in [0.29, 0.717) is 0 Å². The van der Waals surface area contributed by atoms with E-state index >= 15 is 0 Å². The van der Waals surface area contributed by atoms with E-state index in [0.717, 1.165) is 18.2 Å². The molecule has 6 heteroatoms. The van der Waals surface area contributed by atoms with Crippen molar-refractivity contribution in [1.82, 2.24) is 0 Å². The molecule has 2 rings (SSSR count). The summed E-state index contributed by atoms with van der Waals surface area (Å²) in [5.41, 5.74) is 4.74. The van der Waals surface area contributed by atoms with E-state index in [1.54, 1.807) is 36.4 Å². The highest BCUT2D eigenvalue weighted by Crippen LogP contribution is 2.22. The summed E-state index contributed by atoms with van der Waals surface area (Å²) in [5, 5.41) is 10.4. The van der Waals surface area contributed by atoms with Crippen molar-refractivity contribution in [3.63, 3.8) is 0 Å². The maximum Gasteiger partial charge on any atom is 0.354 e. The standard InChI is InChI=1S/C19H21NO5/c1-24-18(22)19(20,23)16(12-14-8-4-2-5-9-14)17(21)25-13-15-10-6-3-7-11-15/h2-11,16,23H,12-13,20H2,1H3/t16-,19+/m1/s1. The Labute approximate surface area is 146 Å². The van der Waals surface area contributed by atoms with Crippen LogP contribution in [0, 0.1) is 5.92 Å². The van der Waals surface area contributed by atoms with Crippen LogP contribution in [-0.4, -0.2) is 29.9 Å². The summed E-state index contributed by atoms with van der Waals surface area (Å²) < 4.78 is 9.78. The minimum atomic E-state index is -2.49. The topological polar surface area (TPSA) is 98.9 Å². The first kappa shape index (κ1) is 18.6. The normalized spacial score (nSPS) is 14.2. The fourth-order valence-corrected chi connectivity index (χ4v) is 2.40. The zero-order valence-corrected chi connectivity index (χ0v) is 13.9. The number of methoxy groups -OCH3 is 1. The van der Waals surface area contributed by atoms with E-state index in [-0.39, 0.29) is 13.0 Å². The molecule has 0 fully saturated rings. The van der Waals surface area contributed by atoms with Crippen molar-refractivity contribution < 1.29 is 24.2 Å². The molecule has 0 bridgehead atoms. The lowest BCUT2D eigenvalue weighted by atomic mass is 9.89. The molecular formula is C19H21NO5. The molecule has 0 spiro atoms. The molecule has 0 aliphatic carbocycles. The van der Waals surface area contributed by atoms with Gasteiger partial charge in [0, 0.05) is 0 Å². The molecule has 0 aromatic heterocycles. The predicted octanol–water partition coefficient (Wildman–Crippen LogP) is 1.41. The average Bonchev–Trinajstić information content (AvgIpc) is 2.65. The number of nitrogens with two attached hydrogens (primary N) is 1. The second-order valence-electron chi connectivity index (χ2n) is 5.65. The SMILES string of the molecule is COC(=O)[C@@](N)(O)[C@H](Cc1ccccc1)C(=O)OCc1ccccc1. The third kappa shape index (κ3) is 4.89. The first-order valence-corrected chi connectivity index (χ1v) is 7.79. The largest absolute Gasteiger partial charge is 0.466 e. The number of benzene rings is 2. The van der Waals surface area contributed by atoms with Gasteiger partial charge in [-0.25, -0.2) is 4.79 Å². The molecule has 0 radical (unpaired) electrons. The van der Waals surface area contributed by atoms with Crippen molar-refractivity contribution in [3.05, 3.63) is 71.8 Å². The van der Waals surface area contributed by atoms with Crippen LogP contribution < -0.4 is 5.73 Å². The van der Waals surface area contributed by atoms with E-state index < -0.39 is 23.6 Å². The van der Waals surface area contributed by atoms with Crippen molar-refractivity contribution in [2.45, 2.75) is 18.8 Å². The monoisotopic (exact) mass is 343 g/mol. The van der Waals surface area contributed by atoms with Gasteiger partial charge in [0.1, 0.15) is 12.5 Å². The van der Waals surface area contributed by atoms with Crippen molar-refractivity contribution in [2.24, 2.45) is 11.7 Å². The van der Waals surface area contributed by atoms with Crippen LogP contribution in [0.3, 0.4) is 0 Å². The lowest BCUT2D eigenvalue weighted by Gasteiger charge is -2.28. The molecule has 3 N–H and O–H groups in total. The van der Waals surface area contributed by atoms with Gasteiger partial charge in [-0.3, -0.25) is 10.5 Å². The Hall–Kier alpha value is -2.70. The van der Waals surface area contributed by atoms with Gasteiger partial charge in [-0.05, 0) is 17.5 Å². The molecule has 6 nitrogen and oxygen atoms in total. The van der Waals surface area contributed by atoms with E-state index in [4.69, 9.17) is 10.5 Å². The molecule has 0 unspecified atom stereocenters. The number of carbonyl (C=O) groups is 2. The quantitative estimate of drug-likeness (QED) is 0.582. The molecule has 2 aromatic carbocycles. The van der Waals surface area contributed by atoms with Crippen LogP contribution in [0.1, 0.15) is 11.1 Å². The first-order chi connectivity index (χ1) is 11.9. The number of esters is 2. The second-order valence-corrected chi connectivity index (χ2v) is 5.65. The summed E-state index contributed by atoms with van der Waals surface area (Å²) in [6.07, 6.45) is 0.0383. The summed E-state index contributed by atoms with van der Waals surface area (Å²) in [7, 11) is 1.09. The molecule has 0 amide bonds. The summed E-state index contributed by atoms with van der Waals surface area (Å²) in [6.45, 7) is 0.0161. The van der Waals surface area contributed by atoms with Crippen LogP contribution in [0.5, 0.6) is 0 Å². The number of rotatable bonds is 7. The van der Waals surface area contributed by atoms with Gasteiger partial charge in [0.15, 0.2) is 0 Å². The Bertz CT molecular complexity index is 700. The average molecular weight is 343 g/mol. The maximum atomic E-state index is 12.5. The number of hydrogen-bond acceptors (Lipinski definition) is 6. The molecule has 0 aliphatic rings. The Kier molecular flexibility index (Phi) is 6.27. The smallest absolute Gasteiger partial charge is 0.354 e. The third-order valence-electron chi connectivity index (χ3n) is 3.83. The second kappa shape index (κ2) is 8.41. The highest BCUT2D eigenvalue weighted by atomic mass is 16.6. The Morgan fingerprint density at radius 2 is 1.56 bits per heavy atom. The van der Waals surface area contributed by atoms with Crippen LogP contribution in [0.2, 0.25) is 0 Å². The van der Waals surface area contributed by atoms with Gasteiger partial charge >= 0.3 is 11.9 Å². The highest BCUT2D eigenvalue weighted by molar-refractivity contribution is 5.87. The summed E-state index contributed by atoms with van der Waals surface area (Å²) in [6, 6.07) is 18.0. The zero-order chi connectivity index (χ0) is 18.3. The van der Waals surface area contributed by atoms with Gasteiger partial charge < -0.3 is 14.6 Å². The summed E-state index contributed by atoms with van der Waals surface area (Å²) in [5.74, 6) is -3.17. The van der Waals surface area contributed by atoms with E-state index in [2.05, 4.69) is 4.74 Å². The van der Waals surface area contributed by atoms with Crippen molar-refractivity contribution in [1.29, 1.82) is 0 Å². The van der Waals surface area contributed by atoms with Gasteiger partial charge in [0.25, 0.3) is 0 Å². The lowest BCUT2D eigenvalue weighted by molar-refractivity contribution is -0.179. The molecule has 0 aliphatic heterocycles.